The predicted octanol–water partition coefficient (Wildman–Crippen LogP) is 4.00. The van der Waals surface area contributed by atoms with Crippen molar-refractivity contribution in [3.05, 3.63) is 69.4 Å². The molecule has 1 fully saturated rings. The van der Waals surface area contributed by atoms with E-state index in [1.807, 2.05) is 6.08 Å². The normalized spacial score (nSPS) is 29.6. The molecule has 0 radical (unpaired) electrons. The van der Waals surface area contributed by atoms with Crippen LogP contribution in [-0.4, -0.2) is 38.4 Å². The van der Waals surface area contributed by atoms with Gasteiger partial charge >= 0.3 is 11.9 Å². The first-order valence-electron chi connectivity index (χ1n) is 10.4. The minimum absolute atomic E-state index is 0.386. The molecule has 30 heavy (non-hydrogen) atoms. The van der Waals surface area contributed by atoms with E-state index in [1.165, 1.54) is 19.8 Å². The van der Waals surface area contributed by atoms with Crippen molar-refractivity contribution in [3.8, 4) is 0 Å². The summed E-state index contributed by atoms with van der Waals surface area (Å²) >= 11 is 0. The van der Waals surface area contributed by atoms with E-state index in [0.717, 1.165) is 33.4 Å². The van der Waals surface area contributed by atoms with Crippen molar-refractivity contribution in [2.45, 2.75) is 39.9 Å². The van der Waals surface area contributed by atoms with Crippen molar-refractivity contribution in [2.24, 2.45) is 17.8 Å². The Morgan fingerprint density at radius 3 is 2.10 bits per heavy atom. The number of carbonyl (C=O) groups excluding carboxylic acids is 2. The number of hydrogen-bond donors (Lipinski definition) is 0. The monoisotopic (exact) mass is 408 g/mol. The summed E-state index contributed by atoms with van der Waals surface area (Å²) in [5.41, 5.74) is 7.67. The standard InChI is InChI=1S/C25H28O5/c1-12(2)15-9-7-14(4)18-17(11-15)13(3)8-10-16-19(18)23-21(25(27)29-6)20(22(16)30-23)24(26)28-5/h7-12,20-23H,1-6H3/t20-,21+,22+,23-/m0/s1. The Hall–Kier alpha value is -2.66. The number of ether oxygens (including phenoxy) is 3. The Morgan fingerprint density at radius 1 is 0.900 bits per heavy atom. The molecule has 5 nitrogen and oxygen atoms in total. The summed E-state index contributed by atoms with van der Waals surface area (Å²) in [7, 11) is 2.68. The summed E-state index contributed by atoms with van der Waals surface area (Å²) in [6.45, 7) is 8.54. The molecule has 0 amide bonds. The summed E-state index contributed by atoms with van der Waals surface area (Å²) in [6, 6.07) is 0. The highest BCUT2D eigenvalue weighted by atomic mass is 16.6. The van der Waals surface area contributed by atoms with Crippen LogP contribution < -0.4 is 0 Å². The number of methoxy groups -OCH3 is 2. The van der Waals surface area contributed by atoms with Crippen LogP contribution in [0, 0.1) is 17.8 Å². The fourth-order valence-corrected chi connectivity index (χ4v) is 4.96. The van der Waals surface area contributed by atoms with Gasteiger partial charge in [0.15, 0.2) is 0 Å². The third kappa shape index (κ3) is 2.95. The number of allylic oxidation sites excluding steroid dienone is 8. The zero-order valence-corrected chi connectivity index (χ0v) is 18.3. The summed E-state index contributed by atoms with van der Waals surface area (Å²) < 4.78 is 16.3. The van der Waals surface area contributed by atoms with Gasteiger partial charge in [-0.15, -0.1) is 0 Å². The summed E-state index contributed by atoms with van der Waals surface area (Å²) in [5.74, 6) is -1.93. The van der Waals surface area contributed by atoms with E-state index in [1.54, 1.807) is 0 Å². The minimum atomic E-state index is -0.722. The lowest BCUT2D eigenvalue weighted by atomic mass is 9.72. The van der Waals surface area contributed by atoms with Gasteiger partial charge in [-0.3, -0.25) is 9.59 Å². The molecule has 4 aliphatic rings. The van der Waals surface area contributed by atoms with E-state index in [-0.39, 0.29) is 0 Å². The molecule has 0 aromatic heterocycles. The number of hydrogen-bond acceptors (Lipinski definition) is 5. The minimum Gasteiger partial charge on any atom is -0.469 e. The quantitative estimate of drug-likeness (QED) is 0.661. The maximum atomic E-state index is 12.7. The van der Waals surface area contributed by atoms with Gasteiger partial charge in [0, 0.05) is 0 Å². The van der Waals surface area contributed by atoms with Crippen LogP contribution in [0.4, 0.5) is 0 Å². The zero-order chi connectivity index (χ0) is 21.7. The van der Waals surface area contributed by atoms with Gasteiger partial charge < -0.3 is 14.2 Å². The highest BCUT2D eigenvalue weighted by Crippen LogP contribution is 2.53. The zero-order valence-electron chi connectivity index (χ0n) is 18.3. The lowest BCUT2D eigenvalue weighted by molar-refractivity contribution is -0.156. The van der Waals surface area contributed by atoms with Crippen LogP contribution in [0.5, 0.6) is 0 Å². The van der Waals surface area contributed by atoms with E-state index in [0.29, 0.717) is 5.92 Å². The van der Waals surface area contributed by atoms with Crippen molar-refractivity contribution in [3.63, 3.8) is 0 Å². The Balaban J connectivity index is 1.92. The fourth-order valence-electron chi connectivity index (χ4n) is 4.96. The topological polar surface area (TPSA) is 61.8 Å². The van der Waals surface area contributed by atoms with Gasteiger partial charge in [-0.25, -0.2) is 0 Å². The molecule has 4 rings (SSSR count). The molecule has 2 aliphatic carbocycles. The van der Waals surface area contributed by atoms with Crippen molar-refractivity contribution in [2.75, 3.05) is 14.2 Å². The molecule has 0 aromatic carbocycles. The van der Waals surface area contributed by atoms with E-state index >= 15 is 0 Å². The third-order valence-electron chi connectivity index (χ3n) is 6.56. The molecule has 2 aliphatic heterocycles. The van der Waals surface area contributed by atoms with Gasteiger partial charge in [-0.2, -0.15) is 0 Å². The molecule has 5 heteroatoms. The van der Waals surface area contributed by atoms with Crippen LogP contribution in [0.3, 0.4) is 0 Å². The molecule has 4 atom stereocenters. The second kappa shape index (κ2) is 7.55. The number of esters is 2. The van der Waals surface area contributed by atoms with Crippen LogP contribution in [-0.2, 0) is 23.8 Å². The molecule has 158 valence electrons. The average molecular weight is 408 g/mol. The smallest absolute Gasteiger partial charge is 0.312 e. The van der Waals surface area contributed by atoms with Crippen molar-refractivity contribution in [1.29, 1.82) is 0 Å². The molecule has 1 saturated heterocycles. The molecule has 2 bridgehead atoms. The van der Waals surface area contributed by atoms with Gasteiger partial charge in [0.25, 0.3) is 0 Å². The first-order valence-corrected chi connectivity index (χ1v) is 10.4. The van der Waals surface area contributed by atoms with Crippen LogP contribution in [0.25, 0.3) is 0 Å². The molecule has 0 saturated carbocycles. The summed E-state index contributed by atoms with van der Waals surface area (Å²) in [4.78, 5) is 25.3. The van der Waals surface area contributed by atoms with E-state index < -0.39 is 36.0 Å². The lowest BCUT2D eigenvalue weighted by Gasteiger charge is -2.28. The average Bonchev–Trinajstić information content (AvgIpc) is 3.17. The van der Waals surface area contributed by atoms with E-state index in [2.05, 4.69) is 52.0 Å². The first-order chi connectivity index (χ1) is 14.3. The van der Waals surface area contributed by atoms with Gasteiger partial charge in [0.1, 0.15) is 11.8 Å². The number of rotatable bonds is 3. The maximum Gasteiger partial charge on any atom is 0.312 e. The summed E-state index contributed by atoms with van der Waals surface area (Å²) in [5, 5.41) is 0. The van der Waals surface area contributed by atoms with Crippen molar-refractivity contribution < 1.29 is 23.8 Å². The van der Waals surface area contributed by atoms with Crippen LogP contribution in [0.15, 0.2) is 69.4 Å². The van der Waals surface area contributed by atoms with Crippen LogP contribution in [0.2, 0.25) is 0 Å². The van der Waals surface area contributed by atoms with Crippen molar-refractivity contribution in [1.82, 2.24) is 0 Å². The highest BCUT2D eigenvalue weighted by Gasteiger charge is 2.60. The SMILES string of the molecule is COC(=O)[C@@H]1[C@H](C(=O)OC)[C@@H]2O[C@H]1C1=C2C=CC(C)=C2C=C(C(C)C)C=CC(C)=C21. The Kier molecular flexibility index (Phi) is 5.18. The van der Waals surface area contributed by atoms with Gasteiger partial charge in [-0.1, -0.05) is 44.2 Å². The van der Waals surface area contributed by atoms with Crippen molar-refractivity contribution >= 4 is 11.9 Å². The maximum absolute atomic E-state index is 12.7. The molecule has 0 aromatic rings. The van der Waals surface area contributed by atoms with E-state index in [4.69, 9.17) is 14.2 Å². The number of fused-ring (bicyclic) bond motifs is 6. The molecule has 0 spiro atoms. The van der Waals surface area contributed by atoms with Crippen LogP contribution in [0.1, 0.15) is 27.7 Å². The molecular weight excluding hydrogens is 380 g/mol. The first kappa shape index (κ1) is 20.6. The van der Waals surface area contributed by atoms with Gasteiger partial charge in [-0.05, 0) is 58.8 Å². The lowest BCUT2D eigenvalue weighted by Crippen LogP contribution is -2.41. The second-order valence-electron chi connectivity index (χ2n) is 8.56. The highest BCUT2D eigenvalue weighted by molar-refractivity contribution is 5.87. The van der Waals surface area contributed by atoms with Gasteiger partial charge in [0.2, 0.25) is 0 Å². The molecular formula is C25H28O5. The Labute approximate surface area is 177 Å². The third-order valence-corrected chi connectivity index (χ3v) is 6.56. The molecule has 0 unspecified atom stereocenters. The molecule has 0 N–H and O–H groups in total. The fraction of sp³-hybridized carbons (Fsp3) is 0.440. The Bertz CT molecular complexity index is 999. The second-order valence-corrected chi connectivity index (χ2v) is 8.56. The van der Waals surface area contributed by atoms with Crippen LogP contribution >= 0.6 is 0 Å². The molecule has 2 heterocycles. The predicted molar refractivity (Wildman–Crippen MR) is 113 cm³/mol. The Morgan fingerprint density at radius 2 is 1.50 bits per heavy atom. The largest absolute Gasteiger partial charge is 0.469 e. The summed E-state index contributed by atoms with van der Waals surface area (Å²) in [6.07, 6.45) is 9.58. The van der Waals surface area contributed by atoms with Gasteiger partial charge in [0.05, 0.1) is 26.4 Å². The number of carbonyl (C=O) groups is 2. The van der Waals surface area contributed by atoms with E-state index in [9.17, 15) is 9.59 Å².